The Hall–Kier alpha value is -3.48. The molecular weight excluding hydrogens is 384 g/mol. The van der Waals surface area contributed by atoms with Crippen LogP contribution in [0.1, 0.15) is 55.5 Å². The number of amides is 3. The van der Waals surface area contributed by atoms with E-state index in [4.69, 9.17) is 4.74 Å². The Morgan fingerprint density at radius 2 is 1.63 bits per heavy atom. The molecule has 7 nitrogen and oxygen atoms in total. The van der Waals surface area contributed by atoms with Crippen molar-refractivity contribution in [2.24, 2.45) is 0 Å². The van der Waals surface area contributed by atoms with Crippen LogP contribution in [-0.2, 0) is 19.1 Å². The first kappa shape index (κ1) is 21.2. The summed E-state index contributed by atoms with van der Waals surface area (Å²) in [6.45, 7) is 5.54. The maximum absolute atomic E-state index is 12.5. The van der Waals surface area contributed by atoms with Crippen molar-refractivity contribution < 1.29 is 23.9 Å². The fraction of sp³-hybridized carbons (Fsp3) is 0.304. The number of imide groups is 1. The van der Waals surface area contributed by atoms with E-state index < -0.39 is 18.0 Å². The third-order valence-corrected chi connectivity index (χ3v) is 4.89. The lowest BCUT2D eigenvalue weighted by Crippen LogP contribution is -2.31. The maximum Gasteiger partial charge on any atom is 0.338 e. The summed E-state index contributed by atoms with van der Waals surface area (Å²) in [6.07, 6.45) is -0.720. The first-order chi connectivity index (χ1) is 14.3. The number of rotatable bonds is 6. The van der Waals surface area contributed by atoms with Gasteiger partial charge in [-0.1, -0.05) is 38.1 Å². The van der Waals surface area contributed by atoms with Crippen LogP contribution in [0.15, 0.2) is 48.5 Å². The van der Waals surface area contributed by atoms with Crippen molar-refractivity contribution in [1.82, 2.24) is 0 Å². The van der Waals surface area contributed by atoms with E-state index in [2.05, 4.69) is 5.32 Å². The fourth-order valence-corrected chi connectivity index (χ4v) is 3.27. The zero-order valence-corrected chi connectivity index (χ0v) is 17.2. The predicted molar refractivity (Wildman–Crippen MR) is 112 cm³/mol. The monoisotopic (exact) mass is 408 g/mol. The van der Waals surface area contributed by atoms with E-state index in [9.17, 15) is 19.2 Å². The molecule has 0 saturated carbocycles. The highest BCUT2D eigenvalue weighted by Crippen LogP contribution is 2.25. The number of hydrogen-bond acceptors (Lipinski definition) is 5. The Kier molecular flexibility index (Phi) is 6.30. The summed E-state index contributed by atoms with van der Waals surface area (Å²) in [5, 5.41) is 2.80. The molecule has 0 aromatic heterocycles. The molecule has 30 heavy (non-hydrogen) atoms. The van der Waals surface area contributed by atoms with E-state index in [1.165, 1.54) is 19.1 Å². The van der Waals surface area contributed by atoms with Crippen LogP contribution in [-0.4, -0.2) is 29.8 Å². The topological polar surface area (TPSA) is 92.8 Å². The van der Waals surface area contributed by atoms with Crippen LogP contribution < -0.4 is 10.2 Å². The minimum atomic E-state index is -1.03. The zero-order valence-electron chi connectivity index (χ0n) is 17.2. The average molecular weight is 408 g/mol. The molecular formula is C23H24N2O5. The van der Waals surface area contributed by atoms with Gasteiger partial charge in [0.2, 0.25) is 11.8 Å². The van der Waals surface area contributed by atoms with Crippen LogP contribution in [0.2, 0.25) is 0 Å². The summed E-state index contributed by atoms with van der Waals surface area (Å²) in [6, 6.07) is 13.5. The Morgan fingerprint density at radius 3 is 2.30 bits per heavy atom. The number of benzene rings is 2. The third kappa shape index (κ3) is 4.56. The Labute approximate surface area is 175 Å². The summed E-state index contributed by atoms with van der Waals surface area (Å²) in [5.41, 5.74) is 2.13. The molecule has 2 aromatic rings. The molecule has 7 heteroatoms. The summed E-state index contributed by atoms with van der Waals surface area (Å²) in [7, 11) is 0. The molecule has 156 valence electrons. The van der Waals surface area contributed by atoms with Gasteiger partial charge in [-0.2, -0.15) is 0 Å². The van der Waals surface area contributed by atoms with E-state index in [1.54, 1.807) is 18.2 Å². The number of hydrogen-bond donors (Lipinski definition) is 1. The van der Waals surface area contributed by atoms with Crippen LogP contribution >= 0.6 is 0 Å². The minimum absolute atomic E-state index is 0.155. The highest BCUT2D eigenvalue weighted by Gasteiger charge is 2.31. The second-order valence-electron chi connectivity index (χ2n) is 7.45. The maximum atomic E-state index is 12.5. The predicted octanol–water partition coefficient (Wildman–Crippen LogP) is 3.65. The van der Waals surface area contributed by atoms with Crippen LogP contribution in [0.25, 0.3) is 0 Å². The van der Waals surface area contributed by atoms with Crippen LogP contribution in [0.3, 0.4) is 0 Å². The van der Waals surface area contributed by atoms with Crippen molar-refractivity contribution >= 4 is 35.1 Å². The van der Waals surface area contributed by atoms with Crippen molar-refractivity contribution in [3.63, 3.8) is 0 Å². The largest absolute Gasteiger partial charge is 0.449 e. The van der Waals surface area contributed by atoms with Crippen molar-refractivity contribution in [1.29, 1.82) is 0 Å². The average Bonchev–Trinajstić information content (AvgIpc) is 3.06. The smallest absolute Gasteiger partial charge is 0.338 e. The first-order valence-corrected chi connectivity index (χ1v) is 9.84. The highest BCUT2D eigenvalue weighted by molar-refractivity contribution is 6.20. The molecule has 0 bridgehead atoms. The minimum Gasteiger partial charge on any atom is -0.449 e. The molecule has 1 aliphatic rings. The van der Waals surface area contributed by atoms with E-state index in [-0.39, 0.29) is 36.1 Å². The van der Waals surface area contributed by atoms with Crippen LogP contribution in [0, 0.1) is 0 Å². The normalized spacial score (nSPS) is 14.7. The Morgan fingerprint density at radius 1 is 0.967 bits per heavy atom. The lowest BCUT2D eigenvalue weighted by molar-refractivity contribution is -0.124. The number of anilines is 2. The quantitative estimate of drug-likeness (QED) is 0.582. The molecule has 1 fully saturated rings. The number of carbonyl (C=O) groups is 4. The lowest BCUT2D eigenvalue weighted by atomic mass is 10.0. The molecule has 0 spiro atoms. The van der Waals surface area contributed by atoms with Gasteiger partial charge in [0.15, 0.2) is 6.10 Å². The first-order valence-electron chi connectivity index (χ1n) is 9.84. The molecule has 1 atom stereocenters. The van der Waals surface area contributed by atoms with E-state index in [0.717, 1.165) is 10.5 Å². The van der Waals surface area contributed by atoms with Gasteiger partial charge in [-0.3, -0.25) is 19.3 Å². The molecule has 1 heterocycles. The van der Waals surface area contributed by atoms with Gasteiger partial charge in [0, 0.05) is 18.5 Å². The van der Waals surface area contributed by atoms with Crippen molar-refractivity contribution in [2.45, 2.75) is 45.6 Å². The molecule has 0 unspecified atom stereocenters. The van der Waals surface area contributed by atoms with Crippen molar-refractivity contribution in [3.05, 3.63) is 59.7 Å². The zero-order chi connectivity index (χ0) is 21.8. The molecule has 1 aliphatic heterocycles. The molecule has 3 rings (SSSR count). The molecule has 3 amide bonds. The van der Waals surface area contributed by atoms with Crippen LogP contribution in [0.5, 0.6) is 0 Å². The van der Waals surface area contributed by atoms with Crippen LogP contribution in [0.4, 0.5) is 11.4 Å². The van der Waals surface area contributed by atoms with Gasteiger partial charge in [-0.25, -0.2) is 4.79 Å². The number of nitrogens with one attached hydrogen (secondary N) is 1. The van der Waals surface area contributed by atoms with E-state index in [0.29, 0.717) is 11.4 Å². The van der Waals surface area contributed by atoms with E-state index >= 15 is 0 Å². The standard InChI is InChI=1S/C23H24N2O5/c1-14(2)18-9-4-5-10-19(18)24-22(28)15(3)30-23(29)16-7-6-8-17(13-16)25-20(26)11-12-21(25)27/h4-10,13-15H,11-12H2,1-3H3,(H,24,28)/t15-/m0/s1. The Bertz CT molecular complexity index is 983. The molecule has 1 saturated heterocycles. The van der Waals surface area contributed by atoms with E-state index in [1.807, 2.05) is 32.0 Å². The fourth-order valence-electron chi connectivity index (χ4n) is 3.27. The van der Waals surface area contributed by atoms with Gasteiger partial charge < -0.3 is 10.1 Å². The molecule has 1 N–H and O–H groups in total. The summed E-state index contributed by atoms with van der Waals surface area (Å²) in [4.78, 5) is 50.0. The number of para-hydroxylation sites is 1. The molecule has 0 radical (unpaired) electrons. The Balaban J connectivity index is 1.69. The van der Waals surface area contributed by atoms with Gasteiger partial charge in [-0.15, -0.1) is 0 Å². The van der Waals surface area contributed by atoms with Crippen molar-refractivity contribution in [3.8, 4) is 0 Å². The van der Waals surface area contributed by atoms with Crippen molar-refractivity contribution in [2.75, 3.05) is 10.2 Å². The summed E-state index contributed by atoms with van der Waals surface area (Å²) in [5.74, 6) is -1.55. The lowest BCUT2D eigenvalue weighted by Gasteiger charge is -2.18. The highest BCUT2D eigenvalue weighted by atomic mass is 16.5. The number of nitrogens with zero attached hydrogens (tertiary/aromatic N) is 1. The van der Waals surface area contributed by atoms with Gasteiger partial charge in [-0.05, 0) is 42.7 Å². The van der Waals surface area contributed by atoms with Gasteiger partial charge >= 0.3 is 5.97 Å². The number of ether oxygens (including phenoxy) is 1. The molecule has 2 aromatic carbocycles. The second-order valence-corrected chi connectivity index (χ2v) is 7.45. The van der Waals surface area contributed by atoms with Gasteiger partial charge in [0.25, 0.3) is 5.91 Å². The number of esters is 1. The second kappa shape index (κ2) is 8.90. The number of carbonyl (C=O) groups excluding carboxylic acids is 4. The summed E-state index contributed by atoms with van der Waals surface area (Å²) < 4.78 is 5.30. The summed E-state index contributed by atoms with van der Waals surface area (Å²) >= 11 is 0. The molecule has 0 aliphatic carbocycles. The van der Waals surface area contributed by atoms with Gasteiger partial charge in [0.05, 0.1) is 11.3 Å². The third-order valence-electron chi connectivity index (χ3n) is 4.89. The SMILES string of the molecule is CC(C)c1ccccc1NC(=O)[C@H](C)OC(=O)c1cccc(N2C(=O)CCC2=O)c1. The van der Waals surface area contributed by atoms with Gasteiger partial charge in [0.1, 0.15) is 0 Å².